The first-order chi connectivity index (χ1) is 14.2. The van der Waals surface area contributed by atoms with E-state index in [4.69, 9.17) is 4.42 Å². The lowest BCUT2D eigenvalue weighted by molar-refractivity contribution is 0.0992. The Labute approximate surface area is 178 Å². The van der Waals surface area contributed by atoms with E-state index in [1.54, 1.807) is 6.07 Å². The van der Waals surface area contributed by atoms with Crippen LogP contribution in [0.15, 0.2) is 74.6 Å². The fourth-order valence-electron chi connectivity index (χ4n) is 2.48. The Balaban J connectivity index is 1.81. The molecule has 1 heterocycles. The number of furan rings is 1. The molecule has 0 aliphatic heterocycles. The third-order valence-electron chi connectivity index (χ3n) is 3.86. The van der Waals surface area contributed by atoms with Gasteiger partial charge in [-0.3, -0.25) is 9.59 Å². The molecule has 2 amide bonds. The Morgan fingerprint density at radius 3 is 2.33 bits per heavy atom. The van der Waals surface area contributed by atoms with Crippen LogP contribution in [0.25, 0.3) is 0 Å². The van der Waals surface area contributed by atoms with Crippen LogP contribution in [-0.4, -0.2) is 26.0 Å². The molecule has 0 atom stereocenters. The SMILES string of the molecule is O=C(Nc1ccccc1S(=O)(=O)C(F)F)c1cccc(NC(=O)c2ccc(Br)o2)c1. The summed E-state index contributed by atoms with van der Waals surface area (Å²) in [4.78, 5) is 24.0. The maximum absolute atomic E-state index is 12.9. The summed E-state index contributed by atoms with van der Waals surface area (Å²) < 4.78 is 55.0. The van der Waals surface area contributed by atoms with Gasteiger partial charge >= 0.3 is 5.76 Å². The molecule has 0 aliphatic rings. The molecule has 2 N–H and O–H groups in total. The lowest BCUT2D eigenvalue weighted by Crippen LogP contribution is -2.18. The first-order valence-electron chi connectivity index (χ1n) is 8.27. The van der Waals surface area contributed by atoms with Crippen molar-refractivity contribution in [2.45, 2.75) is 10.7 Å². The highest BCUT2D eigenvalue weighted by atomic mass is 79.9. The highest BCUT2D eigenvalue weighted by Crippen LogP contribution is 2.27. The lowest BCUT2D eigenvalue weighted by atomic mass is 10.1. The zero-order valence-electron chi connectivity index (χ0n) is 14.9. The maximum atomic E-state index is 12.9. The minimum absolute atomic E-state index is 0.0443. The molecule has 0 radical (unpaired) electrons. The van der Waals surface area contributed by atoms with Gasteiger partial charge in [-0.25, -0.2) is 8.42 Å². The normalized spacial score (nSPS) is 11.3. The minimum Gasteiger partial charge on any atom is -0.444 e. The van der Waals surface area contributed by atoms with Crippen LogP contribution in [0.3, 0.4) is 0 Å². The molecule has 11 heteroatoms. The number of alkyl halides is 2. The second-order valence-electron chi connectivity index (χ2n) is 5.89. The van der Waals surface area contributed by atoms with Crippen LogP contribution in [0, 0.1) is 0 Å². The van der Waals surface area contributed by atoms with Crippen LogP contribution >= 0.6 is 15.9 Å². The van der Waals surface area contributed by atoms with Gasteiger partial charge in [0.1, 0.15) is 0 Å². The van der Waals surface area contributed by atoms with Crippen LogP contribution in [0.1, 0.15) is 20.9 Å². The fourth-order valence-corrected chi connectivity index (χ4v) is 3.67. The van der Waals surface area contributed by atoms with Crippen LogP contribution < -0.4 is 10.6 Å². The van der Waals surface area contributed by atoms with E-state index in [1.165, 1.54) is 48.5 Å². The van der Waals surface area contributed by atoms with Crippen molar-refractivity contribution in [3.63, 3.8) is 0 Å². The van der Waals surface area contributed by atoms with Crippen LogP contribution in [-0.2, 0) is 9.84 Å². The van der Waals surface area contributed by atoms with Crippen LogP contribution in [0.5, 0.6) is 0 Å². The van der Waals surface area contributed by atoms with Gasteiger partial charge in [0.2, 0.25) is 9.84 Å². The number of nitrogens with one attached hydrogen (secondary N) is 2. The molecule has 0 saturated carbocycles. The predicted octanol–water partition coefficient (Wildman–Crippen LogP) is 4.54. The van der Waals surface area contributed by atoms with E-state index in [0.717, 1.165) is 6.07 Å². The summed E-state index contributed by atoms with van der Waals surface area (Å²) >= 11 is 3.09. The molecule has 0 aliphatic carbocycles. The molecule has 1 aromatic heterocycles. The molecule has 3 aromatic rings. The standard InChI is InChI=1S/C19H13BrF2N2O5S/c20-16-9-8-14(29-16)18(26)23-12-5-3-4-11(10-12)17(25)24-13-6-1-2-7-15(13)30(27,28)19(21)22/h1-10,19H,(H,23,26)(H,24,25). The number of amides is 2. The summed E-state index contributed by atoms with van der Waals surface area (Å²) in [5, 5.41) is 4.87. The summed E-state index contributed by atoms with van der Waals surface area (Å²) in [6.07, 6.45) is 0. The van der Waals surface area contributed by atoms with E-state index in [1.807, 2.05) is 0 Å². The Morgan fingerprint density at radius 1 is 0.933 bits per heavy atom. The summed E-state index contributed by atoms with van der Waals surface area (Å²) in [5.41, 5.74) is 0.0593. The first kappa shape index (κ1) is 21.7. The Kier molecular flexibility index (Phi) is 6.32. The molecule has 0 fully saturated rings. The number of carbonyl (C=O) groups is 2. The second-order valence-corrected chi connectivity index (χ2v) is 8.56. The summed E-state index contributed by atoms with van der Waals surface area (Å²) in [5.74, 6) is -4.88. The third-order valence-corrected chi connectivity index (χ3v) is 5.72. The molecule has 2 aromatic carbocycles. The molecule has 3 rings (SSSR count). The first-order valence-corrected chi connectivity index (χ1v) is 10.6. The van der Waals surface area contributed by atoms with E-state index < -0.39 is 32.3 Å². The Bertz CT molecular complexity index is 1210. The Hall–Kier alpha value is -3.05. The quantitative estimate of drug-likeness (QED) is 0.518. The van der Waals surface area contributed by atoms with Gasteiger partial charge in [-0.1, -0.05) is 18.2 Å². The number of rotatable bonds is 6. The van der Waals surface area contributed by atoms with Crippen molar-refractivity contribution >= 4 is 49.0 Å². The van der Waals surface area contributed by atoms with E-state index in [9.17, 15) is 26.8 Å². The predicted molar refractivity (Wildman–Crippen MR) is 108 cm³/mol. The van der Waals surface area contributed by atoms with Crippen LogP contribution in [0.4, 0.5) is 20.2 Å². The van der Waals surface area contributed by atoms with Gasteiger partial charge < -0.3 is 15.1 Å². The topological polar surface area (TPSA) is 105 Å². The molecular formula is C19H13BrF2N2O5S. The van der Waals surface area contributed by atoms with Gasteiger partial charge in [0, 0.05) is 11.3 Å². The second kappa shape index (κ2) is 8.76. The van der Waals surface area contributed by atoms with Gasteiger partial charge in [0.15, 0.2) is 10.4 Å². The van der Waals surface area contributed by atoms with Gasteiger partial charge in [-0.2, -0.15) is 8.78 Å². The van der Waals surface area contributed by atoms with E-state index >= 15 is 0 Å². The average molecular weight is 499 g/mol. The zero-order chi connectivity index (χ0) is 21.9. The Morgan fingerprint density at radius 2 is 1.67 bits per heavy atom. The van der Waals surface area contributed by atoms with Crippen molar-refractivity contribution < 1.29 is 31.2 Å². The van der Waals surface area contributed by atoms with Crippen molar-refractivity contribution in [1.82, 2.24) is 0 Å². The maximum Gasteiger partial charge on any atom is 0.341 e. The van der Waals surface area contributed by atoms with Gasteiger partial charge in [0.05, 0.1) is 10.6 Å². The molecule has 30 heavy (non-hydrogen) atoms. The van der Waals surface area contributed by atoms with Gasteiger partial charge in [-0.05, 0) is 58.4 Å². The molecule has 0 unspecified atom stereocenters. The molecule has 0 spiro atoms. The molecule has 7 nitrogen and oxygen atoms in total. The van der Waals surface area contributed by atoms with Crippen molar-refractivity contribution in [3.8, 4) is 0 Å². The summed E-state index contributed by atoms with van der Waals surface area (Å²) in [6.45, 7) is 0. The molecule has 156 valence electrons. The van der Waals surface area contributed by atoms with Crippen molar-refractivity contribution in [3.05, 3.63) is 76.7 Å². The average Bonchev–Trinajstić information content (AvgIpc) is 3.15. The van der Waals surface area contributed by atoms with E-state index in [2.05, 4.69) is 26.6 Å². The fraction of sp³-hybridized carbons (Fsp3) is 0.0526. The highest BCUT2D eigenvalue weighted by Gasteiger charge is 2.29. The number of anilines is 2. The third kappa shape index (κ3) is 4.74. The molecular weight excluding hydrogens is 486 g/mol. The summed E-state index contributed by atoms with van der Waals surface area (Å²) in [7, 11) is -4.91. The van der Waals surface area contributed by atoms with Crippen molar-refractivity contribution in [2.24, 2.45) is 0 Å². The van der Waals surface area contributed by atoms with Gasteiger partial charge in [0.25, 0.3) is 11.8 Å². The monoisotopic (exact) mass is 498 g/mol. The number of sulfone groups is 1. The number of carbonyl (C=O) groups excluding carboxylic acids is 2. The smallest absolute Gasteiger partial charge is 0.341 e. The van der Waals surface area contributed by atoms with Crippen molar-refractivity contribution in [2.75, 3.05) is 10.6 Å². The number of para-hydroxylation sites is 1. The highest BCUT2D eigenvalue weighted by molar-refractivity contribution is 9.10. The van der Waals surface area contributed by atoms with E-state index in [-0.39, 0.29) is 22.7 Å². The lowest BCUT2D eigenvalue weighted by Gasteiger charge is -2.12. The number of hydrogen-bond acceptors (Lipinski definition) is 5. The number of halogens is 3. The number of benzene rings is 2. The van der Waals surface area contributed by atoms with Gasteiger partial charge in [-0.15, -0.1) is 0 Å². The summed E-state index contributed by atoms with van der Waals surface area (Å²) in [6, 6.07) is 13.6. The van der Waals surface area contributed by atoms with E-state index in [0.29, 0.717) is 4.67 Å². The largest absolute Gasteiger partial charge is 0.444 e. The van der Waals surface area contributed by atoms with Crippen molar-refractivity contribution in [1.29, 1.82) is 0 Å². The molecule has 0 saturated heterocycles. The number of hydrogen-bond donors (Lipinski definition) is 2. The van der Waals surface area contributed by atoms with Crippen LogP contribution in [0.2, 0.25) is 0 Å². The zero-order valence-corrected chi connectivity index (χ0v) is 17.3. The molecule has 0 bridgehead atoms. The minimum atomic E-state index is -4.91.